The minimum atomic E-state index is -4.36. The van der Waals surface area contributed by atoms with Gasteiger partial charge in [0, 0.05) is 12.8 Å². The van der Waals surface area contributed by atoms with E-state index in [1.165, 1.54) is 109 Å². The molecule has 1 N–H and O–H groups in total. The fourth-order valence-electron chi connectivity index (χ4n) is 5.31. The fourth-order valence-corrected chi connectivity index (χ4v) is 6.05. The number of quaternary nitrogens is 1. The molecule has 2 atom stereocenters. The van der Waals surface area contributed by atoms with Crippen molar-refractivity contribution >= 4 is 19.8 Å². The molecule has 2 unspecified atom stereocenters. The molecule has 0 saturated carbocycles. The zero-order valence-electron chi connectivity index (χ0n) is 31.3. The van der Waals surface area contributed by atoms with E-state index in [1.807, 2.05) is 21.1 Å². The number of unbranched alkanes of at least 4 members (excludes halogenated alkanes) is 21. The van der Waals surface area contributed by atoms with Gasteiger partial charge >= 0.3 is 19.8 Å². The van der Waals surface area contributed by atoms with Crippen molar-refractivity contribution in [3.05, 3.63) is 0 Å². The van der Waals surface area contributed by atoms with Crippen molar-refractivity contribution in [1.29, 1.82) is 0 Å². The summed E-state index contributed by atoms with van der Waals surface area (Å²) in [6, 6.07) is 0. The molecule has 0 aliphatic carbocycles. The van der Waals surface area contributed by atoms with Gasteiger partial charge in [-0.2, -0.15) is 0 Å². The SMILES string of the molecule is CCCCCCCCCCCCCCCC(=O)OCC(COP(=O)(O)OCC[N+](C)(C)C)OC(=O)CCCCCCCCCCCC. The molecular formula is C37H75NO8P+. The van der Waals surface area contributed by atoms with Crippen molar-refractivity contribution in [3.8, 4) is 0 Å². The molecule has 0 bridgehead atoms. The maximum atomic E-state index is 12.6. The smallest absolute Gasteiger partial charge is 0.462 e. The summed E-state index contributed by atoms with van der Waals surface area (Å²) < 4.78 is 34.1. The Morgan fingerprint density at radius 1 is 0.574 bits per heavy atom. The number of carbonyl (C=O) groups is 2. The molecule has 0 aromatic rings. The summed E-state index contributed by atoms with van der Waals surface area (Å²) in [5.41, 5.74) is 0. The molecule has 0 amide bonds. The van der Waals surface area contributed by atoms with Crippen molar-refractivity contribution in [2.75, 3.05) is 47.5 Å². The average molecular weight is 693 g/mol. The summed E-state index contributed by atoms with van der Waals surface area (Å²) in [6.07, 6.45) is 27.2. The molecule has 9 nitrogen and oxygen atoms in total. The molecule has 0 aromatic heterocycles. The Morgan fingerprint density at radius 2 is 0.957 bits per heavy atom. The Bertz CT molecular complexity index is 789. The van der Waals surface area contributed by atoms with Crippen LogP contribution in [0.25, 0.3) is 0 Å². The quantitative estimate of drug-likeness (QED) is 0.0303. The van der Waals surface area contributed by atoms with Gasteiger partial charge in [0.2, 0.25) is 0 Å². The predicted molar refractivity (Wildman–Crippen MR) is 192 cm³/mol. The molecule has 280 valence electrons. The maximum Gasteiger partial charge on any atom is 0.472 e. The first kappa shape index (κ1) is 46.0. The highest BCUT2D eigenvalue weighted by molar-refractivity contribution is 7.47. The first-order chi connectivity index (χ1) is 22.5. The van der Waals surface area contributed by atoms with Crippen LogP contribution in [-0.2, 0) is 32.7 Å². The number of likely N-dealkylation sites (N-methyl/N-ethyl adjacent to an activating group) is 1. The number of hydrogen-bond donors (Lipinski definition) is 1. The van der Waals surface area contributed by atoms with Crippen LogP contribution in [0.3, 0.4) is 0 Å². The van der Waals surface area contributed by atoms with Crippen LogP contribution in [0.15, 0.2) is 0 Å². The van der Waals surface area contributed by atoms with E-state index in [9.17, 15) is 19.0 Å². The summed E-state index contributed by atoms with van der Waals surface area (Å²) in [6.45, 7) is 4.41. The fraction of sp³-hybridized carbons (Fsp3) is 0.946. The summed E-state index contributed by atoms with van der Waals surface area (Å²) in [5.74, 6) is -0.792. The van der Waals surface area contributed by atoms with Gasteiger partial charge in [0.1, 0.15) is 19.8 Å². The number of hydrogen-bond acceptors (Lipinski definition) is 7. The minimum absolute atomic E-state index is 0.0363. The lowest BCUT2D eigenvalue weighted by molar-refractivity contribution is -0.870. The topological polar surface area (TPSA) is 108 Å². The highest BCUT2D eigenvalue weighted by Gasteiger charge is 2.27. The van der Waals surface area contributed by atoms with E-state index >= 15 is 0 Å². The number of carbonyl (C=O) groups excluding carboxylic acids is 2. The van der Waals surface area contributed by atoms with Crippen molar-refractivity contribution in [2.45, 2.75) is 180 Å². The number of phosphoric acid groups is 1. The van der Waals surface area contributed by atoms with E-state index in [0.717, 1.165) is 32.1 Å². The zero-order chi connectivity index (χ0) is 35.1. The Kier molecular flexibility index (Phi) is 30.4. The van der Waals surface area contributed by atoms with Crippen molar-refractivity contribution < 1.29 is 42.1 Å². The van der Waals surface area contributed by atoms with Crippen LogP contribution in [0.5, 0.6) is 0 Å². The van der Waals surface area contributed by atoms with Gasteiger partial charge in [-0.15, -0.1) is 0 Å². The van der Waals surface area contributed by atoms with E-state index in [1.54, 1.807) is 0 Å². The predicted octanol–water partition coefficient (Wildman–Crippen LogP) is 10.1. The summed E-state index contributed by atoms with van der Waals surface area (Å²) >= 11 is 0. The van der Waals surface area contributed by atoms with Crippen LogP contribution in [0.4, 0.5) is 0 Å². The van der Waals surface area contributed by atoms with Crippen LogP contribution in [-0.4, -0.2) is 74.9 Å². The Morgan fingerprint density at radius 3 is 1.36 bits per heavy atom. The summed E-state index contributed by atoms with van der Waals surface area (Å²) in [5, 5.41) is 0. The van der Waals surface area contributed by atoms with Gasteiger partial charge in [0.25, 0.3) is 0 Å². The third-order valence-corrected chi connectivity index (χ3v) is 9.37. The number of esters is 2. The van der Waals surface area contributed by atoms with Crippen LogP contribution in [0.1, 0.15) is 174 Å². The third-order valence-electron chi connectivity index (χ3n) is 8.39. The standard InChI is InChI=1S/C37H74NO8P/c1-6-8-10-12-14-16-18-19-20-22-23-25-27-29-36(39)43-33-35(34-45-47(41,42)44-32-31-38(3,4)5)46-37(40)30-28-26-24-21-17-15-13-11-9-7-2/h35H,6-34H2,1-5H3/p+1. The van der Waals surface area contributed by atoms with E-state index in [-0.39, 0.29) is 25.6 Å². The lowest BCUT2D eigenvalue weighted by Crippen LogP contribution is -2.37. The van der Waals surface area contributed by atoms with Crippen molar-refractivity contribution in [3.63, 3.8) is 0 Å². The summed E-state index contributed by atoms with van der Waals surface area (Å²) in [4.78, 5) is 35.1. The average Bonchev–Trinajstić information content (AvgIpc) is 3.01. The van der Waals surface area contributed by atoms with Crippen LogP contribution < -0.4 is 0 Å². The number of rotatable bonds is 35. The molecule has 47 heavy (non-hydrogen) atoms. The van der Waals surface area contributed by atoms with Crippen LogP contribution in [0.2, 0.25) is 0 Å². The lowest BCUT2D eigenvalue weighted by Gasteiger charge is -2.24. The molecule has 0 radical (unpaired) electrons. The van der Waals surface area contributed by atoms with Gasteiger partial charge in [-0.05, 0) is 12.8 Å². The molecular weight excluding hydrogens is 617 g/mol. The van der Waals surface area contributed by atoms with E-state index in [0.29, 0.717) is 23.9 Å². The molecule has 0 spiro atoms. The van der Waals surface area contributed by atoms with Crippen molar-refractivity contribution in [1.82, 2.24) is 0 Å². The Hall–Kier alpha value is -0.990. The second kappa shape index (κ2) is 31.0. The van der Waals surface area contributed by atoms with Gasteiger partial charge in [-0.25, -0.2) is 4.57 Å². The monoisotopic (exact) mass is 693 g/mol. The maximum absolute atomic E-state index is 12.6. The Balaban J connectivity index is 4.40. The molecule has 0 aliphatic heterocycles. The highest BCUT2D eigenvalue weighted by Crippen LogP contribution is 2.43. The second-order valence-electron chi connectivity index (χ2n) is 14.3. The first-order valence-corrected chi connectivity index (χ1v) is 20.8. The minimum Gasteiger partial charge on any atom is -0.462 e. The van der Waals surface area contributed by atoms with Crippen LogP contribution >= 0.6 is 7.82 Å². The van der Waals surface area contributed by atoms with Gasteiger partial charge < -0.3 is 18.9 Å². The normalized spacial score (nSPS) is 13.7. The van der Waals surface area contributed by atoms with Gasteiger partial charge in [-0.3, -0.25) is 18.6 Å². The van der Waals surface area contributed by atoms with E-state index in [2.05, 4.69) is 13.8 Å². The molecule has 0 aliphatic rings. The first-order valence-electron chi connectivity index (χ1n) is 19.3. The third kappa shape index (κ3) is 34.7. The molecule has 0 aromatic carbocycles. The number of nitrogens with zero attached hydrogens (tertiary/aromatic N) is 1. The molecule has 0 rings (SSSR count). The van der Waals surface area contributed by atoms with Gasteiger partial charge in [-0.1, -0.05) is 149 Å². The number of ether oxygens (including phenoxy) is 2. The largest absolute Gasteiger partial charge is 0.472 e. The lowest BCUT2D eigenvalue weighted by atomic mass is 10.0. The number of phosphoric ester groups is 1. The van der Waals surface area contributed by atoms with Gasteiger partial charge in [0.15, 0.2) is 6.10 Å². The molecule has 0 saturated heterocycles. The zero-order valence-corrected chi connectivity index (χ0v) is 32.2. The molecule has 0 fully saturated rings. The highest BCUT2D eigenvalue weighted by atomic mass is 31.2. The van der Waals surface area contributed by atoms with Gasteiger partial charge in [0.05, 0.1) is 27.7 Å². The second-order valence-corrected chi connectivity index (χ2v) is 15.8. The van der Waals surface area contributed by atoms with Crippen LogP contribution in [0, 0.1) is 0 Å². The molecule has 10 heteroatoms. The van der Waals surface area contributed by atoms with E-state index < -0.39 is 26.5 Å². The van der Waals surface area contributed by atoms with E-state index in [4.69, 9.17) is 18.5 Å². The van der Waals surface area contributed by atoms with Crippen molar-refractivity contribution in [2.24, 2.45) is 0 Å². The Labute approximate surface area is 289 Å². The molecule has 0 heterocycles. The summed E-state index contributed by atoms with van der Waals surface area (Å²) in [7, 11) is 1.49.